The van der Waals surface area contributed by atoms with Gasteiger partial charge in [-0.1, -0.05) is 27.4 Å². The van der Waals surface area contributed by atoms with E-state index in [9.17, 15) is 0 Å². The summed E-state index contributed by atoms with van der Waals surface area (Å²) < 4.78 is 10.5. The first-order chi connectivity index (χ1) is 22.3. The van der Waals surface area contributed by atoms with Gasteiger partial charge in [-0.2, -0.15) is 43.1 Å². The zero-order valence-electron chi connectivity index (χ0n) is 23.8. The molecule has 1 atom stereocenters. The second-order valence-corrected chi connectivity index (χ2v) is 14.7. The van der Waals surface area contributed by atoms with Crippen LogP contribution in [0.1, 0.15) is 34.5 Å². The van der Waals surface area contributed by atoms with E-state index < -0.39 is 5.91 Å². The van der Waals surface area contributed by atoms with Crippen LogP contribution < -0.4 is 10.7 Å². The summed E-state index contributed by atoms with van der Waals surface area (Å²) >= 11 is 5.29. The highest BCUT2D eigenvalue weighted by atomic mass is 32.1. The zero-order valence-corrected chi connectivity index (χ0v) is 26.2. The Morgan fingerprint density at radius 2 is 1.51 bits per heavy atom. The molecule has 7 aliphatic rings. The van der Waals surface area contributed by atoms with Crippen molar-refractivity contribution in [2.24, 2.45) is 0 Å². The van der Waals surface area contributed by atoms with E-state index >= 15 is 0 Å². The van der Waals surface area contributed by atoms with Crippen LogP contribution in [0.3, 0.4) is 0 Å². The van der Waals surface area contributed by atoms with Crippen LogP contribution in [0.25, 0.3) is 52.2 Å². The van der Waals surface area contributed by atoms with Gasteiger partial charge in [0, 0.05) is 47.6 Å². The first-order valence-corrected chi connectivity index (χ1v) is 18.0. The first-order valence-electron chi connectivity index (χ1n) is 15.2. The number of thiophene rings is 3. The molecule has 210 valence electrons. The molecule has 4 nitrogen and oxygen atoms in total. The number of aromatic nitrogens is 2. The van der Waals surface area contributed by atoms with Gasteiger partial charge < -0.3 is 0 Å². The summed E-state index contributed by atoms with van der Waals surface area (Å²) in [5.74, 6) is -0.685. The summed E-state index contributed by atoms with van der Waals surface area (Å²) in [7, 11) is 0. The van der Waals surface area contributed by atoms with Crippen molar-refractivity contribution in [1.82, 2.24) is 9.13 Å². The van der Waals surface area contributed by atoms with Crippen molar-refractivity contribution in [3.8, 4) is 11.1 Å². The predicted molar refractivity (Wildman–Crippen MR) is 187 cm³/mol. The van der Waals surface area contributed by atoms with Gasteiger partial charge in [0.25, 0.3) is 0 Å². The maximum atomic E-state index is 2.63. The van der Waals surface area contributed by atoms with Crippen molar-refractivity contribution in [3.05, 3.63) is 143 Å². The number of allylic oxidation sites excluding steroid dienone is 8. The maximum absolute atomic E-state index is 2.63. The Bertz CT molecular complexity index is 2630. The van der Waals surface area contributed by atoms with E-state index in [0.29, 0.717) is 0 Å². The fourth-order valence-electron chi connectivity index (χ4n) is 8.51. The minimum atomic E-state index is -0.685. The molecule has 0 bridgehead atoms. The van der Waals surface area contributed by atoms with E-state index in [1.165, 1.54) is 89.4 Å². The summed E-state index contributed by atoms with van der Waals surface area (Å²) in [6.45, 7) is 0. The minimum absolute atomic E-state index is 0.685. The molecule has 5 aromatic heterocycles. The lowest BCUT2D eigenvalue weighted by atomic mass is 10.0. The van der Waals surface area contributed by atoms with Gasteiger partial charge >= 0.3 is 5.91 Å². The molecular formula is C38H22N4S3+2. The van der Waals surface area contributed by atoms with Crippen LogP contribution in [0.4, 0.5) is 0 Å². The molecule has 7 heteroatoms. The van der Waals surface area contributed by atoms with Gasteiger partial charge in [0.2, 0.25) is 22.8 Å². The van der Waals surface area contributed by atoms with E-state index in [0.717, 1.165) is 6.42 Å². The fourth-order valence-corrected chi connectivity index (χ4v) is 10.5. The smallest absolute Gasteiger partial charge is 0.199 e. The monoisotopic (exact) mass is 630 g/mol. The Labute approximate surface area is 270 Å². The first kappa shape index (κ1) is 23.5. The van der Waals surface area contributed by atoms with Gasteiger partial charge in [-0.05, 0) is 91.3 Å². The third-order valence-corrected chi connectivity index (χ3v) is 12.2. The number of rotatable bonds is 4. The average Bonchev–Trinajstić information content (AvgIpc) is 3.90. The van der Waals surface area contributed by atoms with Crippen molar-refractivity contribution in [3.63, 3.8) is 0 Å². The van der Waals surface area contributed by atoms with E-state index in [4.69, 9.17) is 0 Å². The van der Waals surface area contributed by atoms with Crippen molar-refractivity contribution in [1.29, 1.82) is 0 Å². The van der Waals surface area contributed by atoms with Gasteiger partial charge in [0.05, 0.1) is 33.2 Å². The minimum Gasteiger partial charge on any atom is -0.199 e. The molecule has 11 heterocycles. The molecular weight excluding hydrogens is 609 g/mol. The molecule has 0 N–H and O–H groups in total. The summed E-state index contributed by atoms with van der Waals surface area (Å²) in [6, 6.07) is 11.6. The highest BCUT2D eigenvalue weighted by molar-refractivity contribution is 7.08. The molecule has 1 spiro atoms. The molecule has 0 radical (unpaired) electrons. The van der Waals surface area contributed by atoms with Gasteiger partial charge in [0.15, 0.2) is 0 Å². The molecule has 0 saturated heterocycles. The van der Waals surface area contributed by atoms with Crippen LogP contribution >= 0.6 is 34.0 Å². The third-order valence-electron chi connectivity index (χ3n) is 10.2. The van der Waals surface area contributed by atoms with E-state index in [1.54, 1.807) is 34.0 Å². The van der Waals surface area contributed by atoms with Gasteiger partial charge in [-0.25, -0.2) is 0 Å². The van der Waals surface area contributed by atoms with Crippen LogP contribution in [0.2, 0.25) is 0 Å². The molecule has 5 aromatic rings. The summed E-state index contributed by atoms with van der Waals surface area (Å²) in [4.78, 5) is 0. The quantitative estimate of drug-likeness (QED) is 0.190. The molecule has 0 amide bonds. The topological polar surface area (TPSA) is 15.9 Å². The molecule has 0 saturated carbocycles. The van der Waals surface area contributed by atoms with Crippen LogP contribution in [0, 0.1) is 0 Å². The second kappa shape index (κ2) is 7.87. The average molecular weight is 631 g/mol. The zero-order chi connectivity index (χ0) is 29.0. The Kier molecular flexibility index (Phi) is 4.12. The van der Waals surface area contributed by atoms with Crippen LogP contribution in [-0.4, -0.2) is 29.7 Å². The van der Waals surface area contributed by atoms with Gasteiger partial charge in [-0.15, -0.1) is 0 Å². The lowest BCUT2D eigenvalue weighted by Crippen LogP contribution is -2.69. The molecule has 1 aliphatic carbocycles. The lowest BCUT2D eigenvalue weighted by Gasteiger charge is -2.38. The highest BCUT2D eigenvalue weighted by Gasteiger charge is 2.71. The molecule has 6 aliphatic heterocycles. The maximum Gasteiger partial charge on any atom is 0.553 e. The van der Waals surface area contributed by atoms with E-state index in [2.05, 4.69) is 136 Å². The normalized spacial score (nSPS) is 22.1. The SMILES string of the molecule is C1=CC(c2cc3n4c2=CC2=[N+]5C(=Cc6cc(-c7ccsc7)c7n6C45[N+]4=C(C=3)C(c3ccsc3)=CC4=C7)C(c3ccsc3)=C2)=CC1. The van der Waals surface area contributed by atoms with Crippen molar-refractivity contribution in [2.75, 3.05) is 0 Å². The highest BCUT2D eigenvalue weighted by Crippen LogP contribution is 2.51. The van der Waals surface area contributed by atoms with Crippen molar-refractivity contribution in [2.45, 2.75) is 12.3 Å². The Morgan fingerprint density at radius 1 is 0.711 bits per heavy atom. The summed E-state index contributed by atoms with van der Waals surface area (Å²) in [5.41, 5.74) is 17.8. The number of hydrogen-bond acceptors (Lipinski definition) is 3. The standard InChI is InChI=1S/C38H22N4S3/c1-2-4-22(3-1)30-11-26-16-35-32(24-6-9-44-20-24)13-28-18-37-33(25-7-10-45-21-25)14-29-17-36-31(23-5-8-43-19-23)12-27-15-34(30)39(26)38(40(27)36,41(28)35)42(29)37/h1,3-21H,2H2/q+2. The van der Waals surface area contributed by atoms with Crippen LogP contribution in [0.15, 0.2) is 104 Å². The van der Waals surface area contributed by atoms with Crippen LogP contribution in [-0.2, 0) is 5.91 Å². The molecule has 45 heavy (non-hydrogen) atoms. The Balaban J connectivity index is 1.30. The predicted octanol–water partition coefficient (Wildman–Crippen LogP) is 7.00. The number of nitrogens with zero attached hydrogens (tertiary/aromatic N) is 4. The molecule has 0 fully saturated rings. The Morgan fingerprint density at radius 3 is 2.27 bits per heavy atom. The van der Waals surface area contributed by atoms with Crippen LogP contribution in [0.5, 0.6) is 0 Å². The van der Waals surface area contributed by atoms with Gasteiger partial charge in [0.1, 0.15) is 0 Å². The van der Waals surface area contributed by atoms with Gasteiger partial charge in [-0.3, -0.25) is 0 Å². The Hall–Kier alpha value is -4.82. The fraction of sp³-hybridized carbons (Fsp3) is 0.0526. The third kappa shape index (κ3) is 2.64. The lowest BCUT2D eigenvalue weighted by molar-refractivity contribution is -0.833. The summed E-state index contributed by atoms with van der Waals surface area (Å²) in [5, 5.41) is 15.9. The van der Waals surface area contributed by atoms with Crippen molar-refractivity contribution < 1.29 is 9.15 Å². The molecule has 1 unspecified atom stereocenters. The molecule has 0 aromatic carbocycles. The van der Waals surface area contributed by atoms with E-state index in [-0.39, 0.29) is 0 Å². The largest absolute Gasteiger partial charge is 0.553 e. The van der Waals surface area contributed by atoms with Crippen molar-refractivity contribution >= 4 is 86.5 Å². The summed E-state index contributed by atoms with van der Waals surface area (Å²) in [6.07, 6.45) is 22.5. The van der Waals surface area contributed by atoms with E-state index in [1.807, 2.05) is 0 Å². The molecule has 12 rings (SSSR count). The number of hydrogen-bond donors (Lipinski definition) is 0. The second-order valence-electron chi connectivity index (χ2n) is 12.3.